The molecule has 164 valence electrons. The summed E-state index contributed by atoms with van der Waals surface area (Å²) in [5.74, 6) is -0.944. The Morgan fingerprint density at radius 1 is 0.970 bits per heavy atom. The minimum Gasteiger partial charge on any atom is -0.478 e. The van der Waals surface area contributed by atoms with E-state index < -0.39 is 5.97 Å². The number of aromatic nitrogens is 2. The van der Waals surface area contributed by atoms with E-state index in [2.05, 4.69) is 57.0 Å². The van der Waals surface area contributed by atoms with E-state index in [1.807, 2.05) is 42.6 Å². The fourth-order valence-electron chi connectivity index (χ4n) is 4.27. The van der Waals surface area contributed by atoms with E-state index in [1.165, 1.54) is 5.56 Å². The summed E-state index contributed by atoms with van der Waals surface area (Å²) in [6.07, 6.45) is 3.77. The molecule has 0 radical (unpaired) electrons. The van der Waals surface area contributed by atoms with E-state index in [0.29, 0.717) is 5.11 Å². The fraction of sp³-hybridized carbons (Fsp3) is 0.115. The maximum absolute atomic E-state index is 11.3. The molecule has 0 aliphatic carbocycles. The van der Waals surface area contributed by atoms with Crippen molar-refractivity contribution in [3.05, 3.63) is 114 Å². The van der Waals surface area contributed by atoms with Gasteiger partial charge in [0.1, 0.15) is 6.04 Å². The van der Waals surface area contributed by atoms with Gasteiger partial charge in [0.2, 0.25) is 0 Å². The lowest BCUT2D eigenvalue weighted by atomic mass is 10.0. The molecular weight excluding hydrogens is 432 g/mol. The van der Waals surface area contributed by atoms with Crippen LogP contribution >= 0.6 is 12.2 Å². The van der Waals surface area contributed by atoms with Crippen molar-refractivity contribution in [3.8, 4) is 5.69 Å². The van der Waals surface area contributed by atoms with Gasteiger partial charge in [-0.05, 0) is 79.8 Å². The molecule has 5 rings (SSSR count). The largest absolute Gasteiger partial charge is 0.478 e. The van der Waals surface area contributed by atoms with Crippen molar-refractivity contribution in [3.63, 3.8) is 0 Å². The maximum atomic E-state index is 11.3. The third kappa shape index (κ3) is 3.87. The molecule has 0 saturated carbocycles. The number of carboxylic acids is 1. The quantitative estimate of drug-likeness (QED) is 0.411. The highest BCUT2D eigenvalue weighted by molar-refractivity contribution is 7.80. The number of hydrogen-bond donors (Lipinski definition) is 2. The zero-order valence-electron chi connectivity index (χ0n) is 17.9. The molecule has 1 aliphatic heterocycles. The van der Waals surface area contributed by atoms with Gasteiger partial charge >= 0.3 is 5.97 Å². The van der Waals surface area contributed by atoms with Crippen LogP contribution in [0.1, 0.15) is 39.4 Å². The van der Waals surface area contributed by atoms with Crippen molar-refractivity contribution in [2.24, 2.45) is 0 Å². The number of rotatable bonds is 5. The summed E-state index contributed by atoms with van der Waals surface area (Å²) < 4.78 is 2.07. The maximum Gasteiger partial charge on any atom is 0.335 e. The van der Waals surface area contributed by atoms with Crippen LogP contribution in [0.2, 0.25) is 0 Å². The van der Waals surface area contributed by atoms with Crippen molar-refractivity contribution in [1.29, 1.82) is 0 Å². The van der Waals surface area contributed by atoms with Gasteiger partial charge in [0.05, 0.1) is 17.3 Å². The van der Waals surface area contributed by atoms with Crippen LogP contribution < -0.4 is 10.2 Å². The molecule has 1 fully saturated rings. The molecular formula is C26H22N4O2S. The highest BCUT2D eigenvalue weighted by atomic mass is 32.1. The van der Waals surface area contributed by atoms with Gasteiger partial charge in [-0.3, -0.25) is 4.98 Å². The van der Waals surface area contributed by atoms with Crippen molar-refractivity contribution in [1.82, 2.24) is 14.9 Å². The first kappa shape index (κ1) is 20.9. The molecule has 33 heavy (non-hydrogen) atoms. The topological polar surface area (TPSA) is 70.4 Å². The van der Waals surface area contributed by atoms with E-state index >= 15 is 0 Å². The van der Waals surface area contributed by atoms with Crippen molar-refractivity contribution >= 4 is 29.0 Å². The molecule has 2 atom stereocenters. The summed E-state index contributed by atoms with van der Waals surface area (Å²) >= 11 is 5.80. The fourth-order valence-corrected chi connectivity index (χ4v) is 4.62. The number of pyridine rings is 1. The van der Waals surface area contributed by atoms with Crippen molar-refractivity contribution in [2.75, 3.05) is 4.90 Å². The number of nitrogens with zero attached hydrogens (tertiary/aromatic N) is 3. The van der Waals surface area contributed by atoms with Gasteiger partial charge in [-0.25, -0.2) is 4.79 Å². The summed E-state index contributed by atoms with van der Waals surface area (Å²) in [6, 6.07) is 24.8. The van der Waals surface area contributed by atoms with Gasteiger partial charge in [0.25, 0.3) is 0 Å². The molecule has 2 aromatic heterocycles. The van der Waals surface area contributed by atoms with Gasteiger partial charge in [-0.15, -0.1) is 0 Å². The summed E-state index contributed by atoms with van der Waals surface area (Å²) in [6.45, 7) is 2.06. The molecule has 1 saturated heterocycles. The molecule has 3 heterocycles. The number of thiocarbonyl (C=S) groups is 1. The Hall–Kier alpha value is -3.97. The Bertz CT molecular complexity index is 1300. The first-order chi connectivity index (χ1) is 16.0. The summed E-state index contributed by atoms with van der Waals surface area (Å²) in [4.78, 5) is 18.0. The Morgan fingerprint density at radius 3 is 2.36 bits per heavy atom. The molecule has 2 aromatic carbocycles. The number of hydrogen-bond acceptors (Lipinski definition) is 3. The predicted octanol–water partition coefficient (Wildman–Crippen LogP) is 5.06. The van der Waals surface area contributed by atoms with Gasteiger partial charge in [-0.2, -0.15) is 0 Å². The molecule has 7 heteroatoms. The number of carbonyl (C=O) groups is 1. The van der Waals surface area contributed by atoms with Crippen LogP contribution in [0.15, 0.2) is 91.3 Å². The SMILES string of the molecule is Cc1ccc(N2C(=S)N[C@H](c3ccccn3)[C@H]2c2cccn2-c2ccc(C(=O)O)cc2)cc1. The van der Waals surface area contributed by atoms with Crippen LogP contribution in [0.5, 0.6) is 0 Å². The second-order valence-corrected chi connectivity index (χ2v) is 8.37. The Kier molecular flexibility index (Phi) is 5.40. The lowest BCUT2D eigenvalue weighted by molar-refractivity contribution is 0.0697. The molecule has 1 aliphatic rings. The van der Waals surface area contributed by atoms with Gasteiger partial charge < -0.3 is 19.9 Å². The number of benzene rings is 2. The standard InChI is InChI=1S/C26H22N4O2S/c1-17-7-11-20(12-8-17)30-24(23(28-26(30)33)21-5-2-3-15-27-21)22-6-4-16-29(22)19-13-9-18(10-14-19)25(31)32/h2-16,23-24H,1H3,(H,28,33)(H,31,32)/t23-,24-/m1/s1. The van der Waals surface area contributed by atoms with E-state index in [1.54, 1.807) is 18.3 Å². The number of aromatic carboxylic acids is 1. The average Bonchev–Trinajstić information content (AvgIpc) is 3.44. The number of anilines is 1. The van der Waals surface area contributed by atoms with E-state index in [9.17, 15) is 9.90 Å². The van der Waals surface area contributed by atoms with Gasteiger partial charge in [0.15, 0.2) is 5.11 Å². The third-order valence-corrected chi connectivity index (χ3v) is 6.20. The van der Waals surface area contributed by atoms with E-state index in [0.717, 1.165) is 22.8 Å². The van der Waals surface area contributed by atoms with Crippen molar-refractivity contribution < 1.29 is 9.90 Å². The molecule has 6 nitrogen and oxygen atoms in total. The van der Waals surface area contributed by atoms with Crippen LogP contribution in [0.4, 0.5) is 5.69 Å². The third-order valence-electron chi connectivity index (χ3n) is 5.89. The van der Waals surface area contributed by atoms with Crippen LogP contribution in [-0.4, -0.2) is 25.7 Å². The monoisotopic (exact) mass is 454 g/mol. The lowest BCUT2D eigenvalue weighted by Gasteiger charge is -2.29. The number of carboxylic acid groups (broad SMARTS) is 1. The van der Waals surface area contributed by atoms with E-state index in [4.69, 9.17) is 12.2 Å². The molecule has 4 aromatic rings. The minimum atomic E-state index is -0.944. The summed E-state index contributed by atoms with van der Waals surface area (Å²) in [5.41, 5.74) is 5.22. The summed E-state index contributed by atoms with van der Waals surface area (Å²) in [7, 11) is 0. The predicted molar refractivity (Wildman–Crippen MR) is 132 cm³/mol. The second kappa shape index (κ2) is 8.52. The molecule has 2 N–H and O–H groups in total. The van der Waals surface area contributed by atoms with Crippen molar-refractivity contribution in [2.45, 2.75) is 19.0 Å². The highest BCUT2D eigenvalue weighted by Crippen LogP contribution is 2.42. The summed E-state index contributed by atoms with van der Waals surface area (Å²) in [5, 5.41) is 13.4. The lowest BCUT2D eigenvalue weighted by Crippen LogP contribution is -2.30. The van der Waals surface area contributed by atoms with Crippen LogP contribution in [0, 0.1) is 6.92 Å². The molecule has 0 bridgehead atoms. The van der Waals surface area contributed by atoms with Gasteiger partial charge in [-0.1, -0.05) is 23.8 Å². The first-order valence-electron chi connectivity index (χ1n) is 10.6. The normalized spacial score (nSPS) is 17.7. The number of nitrogens with one attached hydrogen (secondary N) is 1. The highest BCUT2D eigenvalue weighted by Gasteiger charge is 2.42. The first-order valence-corrected chi connectivity index (χ1v) is 11.0. The average molecular weight is 455 g/mol. The van der Waals surface area contributed by atoms with E-state index in [-0.39, 0.29) is 17.6 Å². The molecule has 0 spiro atoms. The minimum absolute atomic E-state index is 0.160. The van der Waals surface area contributed by atoms with Gasteiger partial charge in [0, 0.05) is 29.5 Å². The zero-order valence-corrected chi connectivity index (χ0v) is 18.7. The Morgan fingerprint density at radius 2 is 1.70 bits per heavy atom. The van der Waals surface area contributed by atoms with Crippen LogP contribution in [-0.2, 0) is 0 Å². The molecule has 0 amide bonds. The molecule has 0 unspecified atom stereocenters. The Balaban J connectivity index is 1.63. The smallest absolute Gasteiger partial charge is 0.335 e. The second-order valence-electron chi connectivity index (χ2n) is 7.99. The van der Waals surface area contributed by atoms with Crippen LogP contribution in [0.25, 0.3) is 5.69 Å². The van der Waals surface area contributed by atoms with Crippen LogP contribution in [0.3, 0.4) is 0 Å². The zero-order chi connectivity index (χ0) is 22.9. The Labute approximate surface area is 197 Å². The number of aryl methyl sites for hydroxylation is 1.